The summed E-state index contributed by atoms with van der Waals surface area (Å²) in [5.41, 5.74) is 1.13. The Kier molecular flexibility index (Phi) is 2.04. The summed E-state index contributed by atoms with van der Waals surface area (Å²) >= 11 is 0. The number of pyridine rings is 1. The molecule has 17 heavy (non-hydrogen) atoms. The lowest BCUT2D eigenvalue weighted by molar-refractivity contribution is 0.0596. The number of hydrogen-bond acceptors (Lipinski definition) is 4. The Morgan fingerprint density at radius 1 is 1.29 bits per heavy atom. The van der Waals surface area contributed by atoms with Crippen molar-refractivity contribution in [3.63, 3.8) is 0 Å². The van der Waals surface area contributed by atoms with E-state index in [0.717, 1.165) is 21.7 Å². The maximum atomic E-state index is 11.5. The molecule has 5 heteroatoms. The third kappa shape index (κ3) is 1.36. The molecule has 0 saturated heterocycles. The number of aromatic amines is 1. The van der Waals surface area contributed by atoms with Crippen LogP contribution in [0.4, 0.5) is 0 Å². The molecule has 5 nitrogen and oxygen atoms in total. The van der Waals surface area contributed by atoms with Crippen LogP contribution < -0.4 is 0 Å². The average Bonchev–Trinajstić information content (AvgIpc) is 2.82. The molecule has 0 saturated carbocycles. The zero-order valence-electron chi connectivity index (χ0n) is 9.10. The molecule has 0 aliphatic rings. The van der Waals surface area contributed by atoms with Crippen LogP contribution in [0.15, 0.2) is 30.6 Å². The quantitative estimate of drug-likeness (QED) is 0.644. The molecule has 2 heterocycles. The fraction of sp³-hybridized carbons (Fsp3) is 0.0833. The second-order valence-electron chi connectivity index (χ2n) is 3.65. The number of methoxy groups -OCH3 is 1. The van der Waals surface area contributed by atoms with Crippen LogP contribution in [0.3, 0.4) is 0 Å². The van der Waals surface area contributed by atoms with Crippen LogP contribution in [0.5, 0.6) is 0 Å². The van der Waals surface area contributed by atoms with Crippen molar-refractivity contribution < 1.29 is 9.53 Å². The van der Waals surface area contributed by atoms with Crippen molar-refractivity contribution in [1.29, 1.82) is 0 Å². The van der Waals surface area contributed by atoms with Crippen molar-refractivity contribution in [2.45, 2.75) is 0 Å². The number of benzene rings is 1. The zero-order valence-corrected chi connectivity index (χ0v) is 9.10. The highest BCUT2D eigenvalue weighted by Gasteiger charge is 2.14. The second-order valence-corrected chi connectivity index (χ2v) is 3.65. The van der Waals surface area contributed by atoms with E-state index in [0.29, 0.717) is 5.69 Å². The van der Waals surface area contributed by atoms with Crippen LogP contribution in [0.25, 0.3) is 21.7 Å². The van der Waals surface area contributed by atoms with Gasteiger partial charge in [-0.1, -0.05) is 6.07 Å². The molecule has 0 aliphatic heterocycles. The Hall–Kier alpha value is -2.43. The minimum atomic E-state index is -0.416. The van der Waals surface area contributed by atoms with Crippen molar-refractivity contribution in [3.8, 4) is 0 Å². The lowest BCUT2D eigenvalue weighted by Crippen LogP contribution is -2.01. The molecular formula is C12H9N3O2. The van der Waals surface area contributed by atoms with Crippen LogP contribution in [0.2, 0.25) is 0 Å². The van der Waals surface area contributed by atoms with E-state index in [1.54, 1.807) is 12.4 Å². The molecule has 3 aromatic rings. The topological polar surface area (TPSA) is 67.9 Å². The number of nitrogens with one attached hydrogen (secondary N) is 1. The number of nitrogens with zero attached hydrogens (tertiary/aromatic N) is 2. The molecule has 0 unspecified atom stereocenters. The lowest BCUT2D eigenvalue weighted by atomic mass is 10.1. The number of carbonyl (C=O) groups excluding carboxylic acids is 1. The van der Waals surface area contributed by atoms with Gasteiger partial charge in [0.25, 0.3) is 0 Å². The Balaban J connectivity index is 2.39. The van der Waals surface area contributed by atoms with Gasteiger partial charge in [0.2, 0.25) is 0 Å². The number of H-pyrrole nitrogens is 1. The summed E-state index contributed by atoms with van der Waals surface area (Å²) in [6.45, 7) is 0. The highest BCUT2D eigenvalue weighted by Crippen LogP contribution is 2.25. The van der Waals surface area contributed by atoms with Gasteiger partial charge in [-0.15, -0.1) is 0 Å². The van der Waals surface area contributed by atoms with E-state index >= 15 is 0 Å². The Morgan fingerprint density at radius 3 is 3.00 bits per heavy atom. The molecule has 0 aliphatic carbocycles. The third-order valence-corrected chi connectivity index (χ3v) is 2.73. The summed E-state index contributed by atoms with van der Waals surface area (Å²) < 4.78 is 4.69. The van der Waals surface area contributed by atoms with Crippen molar-refractivity contribution in [2.75, 3.05) is 7.11 Å². The molecule has 0 fully saturated rings. The van der Waals surface area contributed by atoms with E-state index in [9.17, 15) is 4.79 Å². The number of carbonyl (C=O) groups is 1. The van der Waals surface area contributed by atoms with Gasteiger partial charge in [-0.05, 0) is 12.1 Å². The highest BCUT2D eigenvalue weighted by atomic mass is 16.5. The number of aromatic nitrogens is 3. The van der Waals surface area contributed by atoms with Gasteiger partial charge in [0, 0.05) is 28.6 Å². The molecule has 0 amide bonds. The maximum Gasteiger partial charge on any atom is 0.356 e. The molecule has 0 bridgehead atoms. The molecular weight excluding hydrogens is 218 g/mol. The standard InChI is InChI=1S/C12H9N3O2/c1-17-12(16)11-9-3-2-7-6-13-5-4-8(7)10(9)14-15-11/h2-6H,1H3,(H,14,15). The zero-order chi connectivity index (χ0) is 11.8. The Labute approximate surface area is 96.4 Å². The average molecular weight is 227 g/mol. The largest absolute Gasteiger partial charge is 0.464 e. The lowest BCUT2D eigenvalue weighted by Gasteiger charge is -1.98. The van der Waals surface area contributed by atoms with E-state index in [-0.39, 0.29) is 0 Å². The number of fused-ring (bicyclic) bond motifs is 3. The molecule has 1 aromatic carbocycles. The van der Waals surface area contributed by atoms with Crippen molar-refractivity contribution in [3.05, 3.63) is 36.3 Å². The number of esters is 1. The molecule has 0 radical (unpaired) electrons. The van der Waals surface area contributed by atoms with Gasteiger partial charge in [0.1, 0.15) is 5.52 Å². The van der Waals surface area contributed by atoms with Crippen LogP contribution in [0.1, 0.15) is 10.5 Å². The summed E-state index contributed by atoms with van der Waals surface area (Å²) in [7, 11) is 1.35. The first-order valence-corrected chi connectivity index (χ1v) is 5.10. The van der Waals surface area contributed by atoms with Gasteiger partial charge in [0.05, 0.1) is 7.11 Å². The first-order valence-electron chi connectivity index (χ1n) is 5.10. The minimum absolute atomic E-state index is 0.376. The fourth-order valence-electron chi connectivity index (χ4n) is 1.90. The Morgan fingerprint density at radius 2 is 2.18 bits per heavy atom. The molecule has 0 atom stereocenters. The second kappa shape index (κ2) is 3.55. The fourth-order valence-corrected chi connectivity index (χ4v) is 1.90. The Bertz CT molecular complexity index is 718. The van der Waals surface area contributed by atoms with Crippen LogP contribution in [-0.2, 0) is 4.74 Å². The normalized spacial score (nSPS) is 10.9. The van der Waals surface area contributed by atoms with Gasteiger partial charge in [-0.25, -0.2) is 4.79 Å². The summed E-state index contributed by atoms with van der Waals surface area (Å²) in [6, 6.07) is 5.63. The number of hydrogen-bond donors (Lipinski definition) is 1. The van der Waals surface area contributed by atoms with Gasteiger partial charge in [-0.3, -0.25) is 10.1 Å². The number of rotatable bonds is 1. The monoisotopic (exact) mass is 227 g/mol. The van der Waals surface area contributed by atoms with E-state index in [1.807, 2.05) is 18.2 Å². The minimum Gasteiger partial charge on any atom is -0.464 e. The predicted octanol–water partition coefficient (Wildman–Crippen LogP) is 1.90. The smallest absolute Gasteiger partial charge is 0.356 e. The molecule has 3 rings (SSSR count). The van der Waals surface area contributed by atoms with E-state index in [1.165, 1.54) is 7.11 Å². The summed E-state index contributed by atoms with van der Waals surface area (Å²) in [4.78, 5) is 15.6. The highest BCUT2D eigenvalue weighted by molar-refractivity contribution is 6.11. The van der Waals surface area contributed by atoms with Crippen molar-refractivity contribution in [1.82, 2.24) is 15.2 Å². The third-order valence-electron chi connectivity index (χ3n) is 2.73. The molecule has 2 aromatic heterocycles. The summed E-state index contributed by atoms with van der Waals surface area (Å²) in [5.74, 6) is -0.416. The van der Waals surface area contributed by atoms with Gasteiger partial charge in [-0.2, -0.15) is 5.10 Å². The van der Waals surface area contributed by atoms with Gasteiger partial charge < -0.3 is 4.74 Å². The van der Waals surface area contributed by atoms with Crippen LogP contribution in [0, 0.1) is 0 Å². The van der Waals surface area contributed by atoms with E-state index in [4.69, 9.17) is 4.74 Å². The van der Waals surface area contributed by atoms with Gasteiger partial charge >= 0.3 is 5.97 Å². The first kappa shape index (κ1) is 9.77. The summed E-state index contributed by atoms with van der Waals surface area (Å²) in [5, 5.41) is 9.58. The van der Waals surface area contributed by atoms with Crippen molar-refractivity contribution >= 4 is 27.6 Å². The van der Waals surface area contributed by atoms with Gasteiger partial charge in [0.15, 0.2) is 5.69 Å². The maximum absolute atomic E-state index is 11.5. The van der Waals surface area contributed by atoms with Crippen LogP contribution in [-0.4, -0.2) is 28.3 Å². The molecule has 1 N–H and O–H groups in total. The number of ether oxygens (including phenoxy) is 1. The van der Waals surface area contributed by atoms with Crippen molar-refractivity contribution in [2.24, 2.45) is 0 Å². The van der Waals surface area contributed by atoms with E-state index in [2.05, 4.69) is 15.2 Å². The first-order chi connectivity index (χ1) is 8.31. The summed E-state index contributed by atoms with van der Waals surface area (Å²) in [6.07, 6.45) is 3.47. The predicted molar refractivity (Wildman–Crippen MR) is 62.7 cm³/mol. The van der Waals surface area contributed by atoms with Crippen LogP contribution >= 0.6 is 0 Å². The SMILES string of the molecule is COC(=O)c1[nH]nc2c1ccc1cnccc12. The molecule has 0 spiro atoms. The van der Waals surface area contributed by atoms with E-state index < -0.39 is 5.97 Å². The molecule has 84 valence electrons.